The topological polar surface area (TPSA) is 15.3 Å². The second kappa shape index (κ2) is 7.26. The van der Waals surface area contributed by atoms with E-state index < -0.39 is 0 Å². The number of rotatable bonds is 5. The lowest BCUT2D eigenvalue weighted by molar-refractivity contribution is 0.177. The van der Waals surface area contributed by atoms with Gasteiger partial charge in [0.1, 0.15) is 5.82 Å². The largest absolute Gasteiger partial charge is 0.374 e. The molecule has 0 spiro atoms. The summed E-state index contributed by atoms with van der Waals surface area (Å²) in [5, 5.41) is 3.49. The fraction of sp³-hybridized carbons (Fsp3) is 0.667. The van der Waals surface area contributed by atoms with Gasteiger partial charge in [-0.1, -0.05) is 13.8 Å². The molecule has 1 aromatic rings. The summed E-state index contributed by atoms with van der Waals surface area (Å²) in [6.07, 6.45) is 3.88. The predicted octanol–water partition coefficient (Wildman–Crippen LogP) is 3.92. The average molecular weight is 292 g/mol. The zero-order valence-electron chi connectivity index (χ0n) is 13.8. The van der Waals surface area contributed by atoms with E-state index >= 15 is 0 Å². The lowest BCUT2D eigenvalue weighted by atomic mass is 9.73. The molecule has 0 amide bonds. The first-order valence-corrected chi connectivity index (χ1v) is 8.15. The molecule has 1 aliphatic rings. The molecule has 21 heavy (non-hydrogen) atoms. The van der Waals surface area contributed by atoms with Crippen LogP contribution in [0.2, 0.25) is 0 Å². The Morgan fingerprint density at radius 2 is 1.90 bits per heavy atom. The van der Waals surface area contributed by atoms with E-state index in [-0.39, 0.29) is 5.82 Å². The van der Waals surface area contributed by atoms with Gasteiger partial charge in [0.05, 0.1) is 0 Å². The second-order valence-corrected chi connectivity index (χ2v) is 6.83. The molecule has 1 fully saturated rings. The van der Waals surface area contributed by atoms with Gasteiger partial charge in [-0.15, -0.1) is 0 Å². The van der Waals surface area contributed by atoms with Crippen molar-refractivity contribution >= 4 is 5.69 Å². The van der Waals surface area contributed by atoms with Crippen LogP contribution in [0.5, 0.6) is 0 Å². The second-order valence-electron chi connectivity index (χ2n) is 6.83. The average Bonchev–Trinajstić information content (AvgIpc) is 2.47. The number of nitrogens with one attached hydrogen (secondary N) is 1. The van der Waals surface area contributed by atoms with Crippen LogP contribution in [0.4, 0.5) is 10.1 Å². The van der Waals surface area contributed by atoms with Gasteiger partial charge in [0.2, 0.25) is 0 Å². The fourth-order valence-corrected chi connectivity index (χ4v) is 3.64. The zero-order chi connectivity index (χ0) is 15.4. The fourth-order valence-electron chi connectivity index (χ4n) is 3.64. The summed E-state index contributed by atoms with van der Waals surface area (Å²) < 4.78 is 13.0. The molecule has 0 radical (unpaired) electrons. The Morgan fingerprint density at radius 3 is 2.48 bits per heavy atom. The Kier molecular flexibility index (Phi) is 5.63. The van der Waals surface area contributed by atoms with Gasteiger partial charge in [0, 0.05) is 25.3 Å². The van der Waals surface area contributed by atoms with E-state index in [1.165, 1.54) is 19.3 Å². The molecule has 1 aliphatic carbocycles. The van der Waals surface area contributed by atoms with Gasteiger partial charge in [-0.2, -0.15) is 0 Å². The summed E-state index contributed by atoms with van der Waals surface area (Å²) >= 11 is 0. The molecule has 0 saturated heterocycles. The van der Waals surface area contributed by atoms with Crippen molar-refractivity contribution in [2.24, 2.45) is 17.8 Å². The van der Waals surface area contributed by atoms with Gasteiger partial charge in [0.15, 0.2) is 0 Å². The third kappa shape index (κ3) is 4.19. The zero-order valence-corrected chi connectivity index (χ0v) is 13.8. The number of nitrogens with zero attached hydrogens (tertiary/aromatic N) is 1. The normalized spacial score (nSPS) is 26.1. The minimum absolute atomic E-state index is 0.169. The molecule has 3 unspecified atom stereocenters. The van der Waals surface area contributed by atoms with Crippen LogP contribution >= 0.6 is 0 Å². The lowest BCUT2D eigenvalue weighted by Gasteiger charge is -2.40. The predicted molar refractivity (Wildman–Crippen MR) is 88.2 cm³/mol. The number of hydrogen-bond donors (Lipinski definition) is 1. The summed E-state index contributed by atoms with van der Waals surface area (Å²) in [6.45, 7) is 5.70. The molecule has 1 aromatic carbocycles. The summed E-state index contributed by atoms with van der Waals surface area (Å²) in [6, 6.07) is 7.42. The molecule has 2 nitrogen and oxygen atoms in total. The molecule has 3 atom stereocenters. The number of anilines is 1. The SMILES string of the molecule is CNC1CCC(C(C)C)CC1CN(C)c1ccc(F)cc1. The highest BCUT2D eigenvalue weighted by Gasteiger charge is 2.31. The van der Waals surface area contributed by atoms with E-state index in [4.69, 9.17) is 0 Å². The van der Waals surface area contributed by atoms with Crippen LogP contribution in [0.15, 0.2) is 24.3 Å². The van der Waals surface area contributed by atoms with Gasteiger partial charge in [-0.25, -0.2) is 4.39 Å². The van der Waals surface area contributed by atoms with E-state index in [0.29, 0.717) is 12.0 Å². The minimum atomic E-state index is -0.169. The van der Waals surface area contributed by atoms with Crippen LogP contribution < -0.4 is 10.2 Å². The van der Waals surface area contributed by atoms with E-state index in [1.54, 1.807) is 12.1 Å². The Balaban J connectivity index is 2.02. The third-order valence-corrected chi connectivity index (χ3v) is 5.11. The first kappa shape index (κ1) is 16.3. The lowest BCUT2D eigenvalue weighted by Crippen LogP contribution is -2.44. The Bertz CT molecular complexity index is 429. The molecule has 3 heteroatoms. The summed E-state index contributed by atoms with van der Waals surface area (Å²) in [5.41, 5.74) is 1.10. The standard InChI is InChI=1S/C18H29FN2/c1-13(2)14-5-10-18(20-3)15(11-14)12-21(4)17-8-6-16(19)7-9-17/h6-9,13-15,18,20H,5,10-12H2,1-4H3. The molecule has 1 saturated carbocycles. The first-order valence-electron chi connectivity index (χ1n) is 8.15. The molecular weight excluding hydrogens is 263 g/mol. The number of halogens is 1. The number of benzene rings is 1. The van der Waals surface area contributed by atoms with Crippen molar-refractivity contribution in [2.75, 3.05) is 25.5 Å². The van der Waals surface area contributed by atoms with Crippen molar-refractivity contribution < 1.29 is 4.39 Å². The highest BCUT2D eigenvalue weighted by Crippen LogP contribution is 2.34. The molecule has 0 heterocycles. The van der Waals surface area contributed by atoms with Crippen LogP contribution in [-0.4, -0.2) is 26.7 Å². The van der Waals surface area contributed by atoms with Crippen molar-refractivity contribution in [2.45, 2.75) is 39.2 Å². The van der Waals surface area contributed by atoms with Gasteiger partial charge < -0.3 is 10.2 Å². The highest BCUT2D eigenvalue weighted by atomic mass is 19.1. The molecule has 0 aromatic heterocycles. The summed E-state index contributed by atoms with van der Waals surface area (Å²) in [7, 11) is 4.18. The van der Waals surface area contributed by atoms with Crippen LogP contribution in [0, 0.1) is 23.6 Å². The van der Waals surface area contributed by atoms with Crippen molar-refractivity contribution in [3.8, 4) is 0 Å². The van der Waals surface area contributed by atoms with Gasteiger partial charge in [-0.3, -0.25) is 0 Å². The highest BCUT2D eigenvalue weighted by molar-refractivity contribution is 5.45. The van der Waals surface area contributed by atoms with E-state index in [1.807, 2.05) is 12.1 Å². The molecule has 2 rings (SSSR count). The van der Waals surface area contributed by atoms with Crippen molar-refractivity contribution in [1.29, 1.82) is 0 Å². The first-order chi connectivity index (χ1) is 10.0. The molecule has 0 aliphatic heterocycles. The minimum Gasteiger partial charge on any atom is -0.374 e. The summed E-state index contributed by atoms with van der Waals surface area (Å²) in [4.78, 5) is 2.26. The maximum Gasteiger partial charge on any atom is 0.123 e. The summed E-state index contributed by atoms with van der Waals surface area (Å²) in [5.74, 6) is 2.09. The molecule has 0 bridgehead atoms. The number of hydrogen-bond acceptors (Lipinski definition) is 2. The smallest absolute Gasteiger partial charge is 0.123 e. The Hall–Kier alpha value is -1.09. The van der Waals surface area contributed by atoms with Gasteiger partial charge in [0.25, 0.3) is 0 Å². The maximum absolute atomic E-state index is 13.0. The van der Waals surface area contributed by atoms with E-state index in [9.17, 15) is 4.39 Å². The monoisotopic (exact) mass is 292 g/mol. The van der Waals surface area contributed by atoms with Crippen LogP contribution in [0.3, 0.4) is 0 Å². The Morgan fingerprint density at radius 1 is 1.24 bits per heavy atom. The Labute approximate surface area is 128 Å². The van der Waals surface area contributed by atoms with Crippen molar-refractivity contribution in [3.63, 3.8) is 0 Å². The third-order valence-electron chi connectivity index (χ3n) is 5.11. The van der Waals surface area contributed by atoms with Crippen LogP contribution in [0.25, 0.3) is 0 Å². The van der Waals surface area contributed by atoms with Crippen LogP contribution in [0.1, 0.15) is 33.1 Å². The van der Waals surface area contributed by atoms with E-state index in [2.05, 4.69) is 38.2 Å². The van der Waals surface area contributed by atoms with Crippen molar-refractivity contribution in [1.82, 2.24) is 5.32 Å². The molecule has 118 valence electrons. The maximum atomic E-state index is 13.0. The molecular formula is C18H29FN2. The van der Waals surface area contributed by atoms with Crippen LogP contribution in [-0.2, 0) is 0 Å². The van der Waals surface area contributed by atoms with Gasteiger partial charge >= 0.3 is 0 Å². The quantitative estimate of drug-likeness (QED) is 0.885. The van der Waals surface area contributed by atoms with Gasteiger partial charge in [-0.05, 0) is 68.3 Å². The van der Waals surface area contributed by atoms with Crippen molar-refractivity contribution in [3.05, 3.63) is 30.1 Å². The molecule has 1 N–H and O–H groups in total. The van der Waals surface area contributed by atoms with E-state index in [0.717, 1.165) is 24.1 Å².